The maximum Gasteiger partial charge on any atom is 0.0514 e. The minimum Gasteiger partial charge on any atom is -0.384 e. The zero-order valence-corrected chi connectivity index (χ0v) is 13.8. The molecular formula is C16H35NO. The molecule has 0 amide bonds. The van der Waals surface area contributed by atoms with Gasteiger partial charge in [-0.2, -0.15) is 0 Å². The van der Waals surface area contributed by atoms with E-state index in [1.165, 1.54) is 38.8 Å². The van der Waals surface area contributed by atoms with Crippen LogP contribution < -0.4 is 0 Å². The summed E-state index contributed by atoms with van der Waals surface area (Å²) in [5.41, 5.74) is 0.581. The van der Waals surface area contributed by atoms with E-state index in [1.807, 2.05) is 13.8 Å². The van der Waals surface area contributed by atoms with E-state index < -0.39 is 0 Å². The third-order valence-corrected chi connectivity index (χ3v) is 3.66. The molecule has 110 valence electrons. The fraction of sp³-hybridized carbons (Fsp3) is 1.00. The number of hydrogen-bond acceptors (Lipinski definition) is 2. The molecule has 0 aromatic rings. The van der Waals surface area contributed by atoms with E-state index in [1.54, 1.807) is 7.11 Å². The second-order valence-electron chi connectivity index (χ2n) is 6.63. The highest BCUT2D eigenvalue weighted by atomic mass is 16.5. The predicted molar refractivity (Wildman–Crippen MR) is 81.1 cm³/mol. The van der Waals surface area contributed by atoms with Crippen LogP contribution in [0.3, 0.4) is 0 Å². The van der Waals surface area contributed by atoms with Gasteiger partial charge in [-0.05, 0) is 51.6 Å². The Morgan fingerprint density at radius 1 is 0.944 bits per heavy atom. The number of nitrogens with zero attached hydrogens (tertiary/aromatic N) is 1. The van der Waals surface area contributed by atoms with Crippen LogP contribution in [0.5, 0.6) is 0 Å². The van der Waals surface area contributed by atoms with E-state index >= 15 is 0 Å². The Morgan fingerprint density at radius 2 is 1.44 bits per heavy atom. The van der Waals surface area contributed by atoms with E-state index in [-0.39, 0.29) is 5.41 Å². The highest BCUT2D eigenvalue weighted by Crippen LogP contribution is 2.33. The summed E-state index contributed by atoms with van der Waals surface area (Å²) >= 11 is 0. The summed E-state index contributed by atoms with van der Waals surface area (Å²) in [5.74, 6) is 0. The van der Waals surface area contributed by atoms with Gasteiger partial charge in [-0.1, -0.05) is 34.1 Å². The lowest BCUT2D eigenvalue weighted by Crippen LogP contribution is -2.49. The van der Waals surface area contributed by atoms with Crippen LogP contribution in [0.1, 0.15) is 67.2 Å². The summed E-state index contributed by atoms with van der Waals surface area (Å²) in [6.07, 6.45) is 5.35. The topological polar surface area (TPSA) is 12.5 Å². The molecule has 0 atom stereocenters. The molecule has 1 aliphatic rings. The molecule has 1 heterocycles. The minimum absolute atomic E-state index is 0.274. The van der Waals surface area contributed by atoms with E-state index in [9.17, 15) is 0 Å². The van der Waals surface area contributed by atoms with Crippen molar-refractivity contribution < 1.29 is 4.74 Å². The summed E-state index contributed by atoms with van der Waals surface area (Å²) < 4.78 is 5.32. The fourth-order valence-electron chi connectivity index (χ4n) is 3.22. The third kappa shape index (κ3) is 6.19. The number of methoxy groups -OCH3 is 1. The van der Waals surface area contributed by atoms with Crippen LogP contribution in [-0.4, -0.2) is 37.2 Å². The molecule has 0 saturated carbocycles. The zero-order chi connectivity index (χ0) is 14.2. The molecule has 18 heavy (non-hydrogen) atoms. The molecule has 2 heteroatoms. The first kappa shape index (κ1) is 17.9. The van der Waals surface area contributed by atoms with Gasteiger partial charge in [0.05, 0.1) is 6.61 Å². The first-order valence-electron chi connectivity index (χ1n) is 7.61. The SMILES string of the molecule is CC.COCC(C)(C)CC(C)(C)N1CCCCC1. The number of ether oxygens (including phenoxy) is 1. The molecule has 0 aromatic heterocycles. The molecule has 0 unspecified atom stereocenters. The van der Waals surface area contributed by atoms with Gasteiger partial charge < -0.3 is 4.74 Å². The maximum absolute atomic E-state index is 5.32. The number of hydrogen-bond donors (Lipinski definition) is 0. The van der Waals surface area contributed by atoms with Crippen LogP contribution in [-0.2, 0) is 4.74 Å². The van der Waals surface area contributed by atoms with Crippen molar-refractivity contribution in [3.05, 3.63) is 0 Å². The first-order chi connectivity index (χ1) is 8.37. The summed E-state index contributed by atoms with van der Waals surface area (Å²) in [4.78, 5) is 2.66. The Balaban J connectivity index is 0.00000137. The van der Waals surface area contributed by atoms with E-state index in [2.05, 4.69) is 32.6 Å². The lowest BCUT2D eigenvalue weighted by atomic mass is 9.79. The minimum atomic E-state index is 0.274. The Morgan fingerprint density at radius 3 is 1.89 bits per heavy atom. The van der Waals surface area contributed by atoms with Crippen molar-refractivity contribution in [1.29, 1.82) is 0 Å². The van der Waals surface area contributed by atoms with Crippen LogP contribution in [0.25, 0.3) is 0 Å². The molecule has 1 aliphatic heterocycles. The van der Waals surface area contributed by atoms with Gasteiger partial charge in [0, 0.05) is 12.6 Å². The molecule has 1 saturated heterocycles. The Hall–Kier alpha value is -0.0800. The standard InChI is InChI=1S/C14H29NO.C2H6/c1-13(2,12-16-5)11-14(3,4)15-9-7-6-8-10-15;1-2/h6-12H2,1-5H3;1-2H3. The van der Waals surface area contributed by atoms with Gasteiger partial charge in [-0.25, -0.2) is 0 Å². The lowest BCUT2D eigenvalue weighted by molar-refractivity contribution is 0.0212. The molecule has 0 aromatic carbocycles. The monoisotopic (exact) mass is 257 g/mol. The van der Waals surface area contributed by atoms with E-state index in [4.69, 9.17) is 4.74 Å². The van der Waals surface area contributed by atoms with Crippen molar-refractivity contribution >= 4 is 0 Å². The Bertz CT molecular complexity index is 205. The molecule has 0 radical (unpaired) electrons. The van der Waals surface area contributed by atoms with Gasteiger partial charge in [-0.3, -0.25) is 4.90 Å². The summed E-state index contributed by atoms with van der Waals surface area (Å²) in [5, 5.41) is 0. The summed E-state index contributed by atoms with van der Waals surface area (Å²) in [7, 11) is 1.80. The van der Waals surface area contributed by atoms with Crippen LogP contribution in [0.4, 0.5) is 0 Å². The second kappa shape index (κ2) is 8.16. The molecular weight excluding hydrogens is 222 g/mol. The van der Waals surface area contributed by atoms with Crippen molar-refractivity contribution in [2.75, 3.05) is 26.8 Å². The molecule has 0 N–H and O–H groups in total. The van der Waals surface area contributed by atoms with Gasteiger partial charge in [0.1, 0.15) is 0 Å². The smallest absolute Gasteiger partial charge is 0.0514 e. The van der Waals surface area contributed by atoms with E-state index in [0.717, 1.165) is 6.61 Å². The van der Waals surface area contributed by atoms with Crippen LogP contribution in [0.15, 0.2) is 0 Å². The van der Waals surface area contributed by atoms with Crippen molar-refractivity contribution in [3.63, 3.8) is 0 Å². The summed E-state index contributed by atoms with van der Waals surface area (Å²) in [6, 6.07) is 0. The van der Waals surface area contributed by atoms with Gasteiger partial charge in [0.2, 0.25) is 0 Å². The van der Waals surface area contributed by atoms with Crippen molar-refractivity contribution in [1.82, 2.24) is 4.90 Å². The molecule has 0 bridgehead atoms. The summed E-state index contributed by atoms with van der Waals surface area (Å²) in [6.45, 7) is 16.8. The average molecular weight is 257 g/mol. The van der Waals surface area contributed by atoms with Gasteiger partial charge in [0.15, 0.2) is 0 Å². The van der Waals surface area contributed by atoms with Crippen molar-refractivity contribution in [2.24, 2.45) is 5.41 Å². The lowest BCUT2D eigenvalue weighted by Gasteiger charge is -2.45. The Labute approximate surface area is 115 Å². The largest absolute Gasteiger partial charge is 0.384 e. The van der Waals surface area contributed by atoms with Gasteiger partial charge in [-0.15, -0.1) is 0 Å². The normalized spacial score (nSPS) is 18.2. The van der Waals surface area contributed by atoms with Crippen LogP contribution in [0, 0.1) is 5.41 Å². The van der Waals surface area contributed by atoms with Gasteiger partial charge in [0.25, 0.3) is 0 Å². The second-order valence-corrected chi connectivity index (χ2v) is 6.63. The van der Waals surface area contributed by atoms with Crippen LogP contribution in [0.2, 0.25) is 0 Å². The fourth-order valence-corrected chi connectivity index (χ4v) is 3.22. The number of piperidine rings is 1. The first-order valence-corrected chi connectivity index (χ1v) is 7.61. The molecule has 1 fully saturated rings. The average Bonchev–Trinajstić information content (AvgIpc) is 2.31. The highest BCUT2D eigenvalue weighted by molar-refractivity contribution is 4.88. The quantitative estimate of drug-likeness (QED) is 0.726. The molecule has 0 aliphatic carbocycles. The Kier molecular flexibility index (Phi) is 8.13. The predicted octanol–water partition coefficient (Wildman–Crippen LogP) is 4.34. The number of rotatable bonds is 5. The molecule has 2 nitrogen and oxygen atoms in total. The van der Waals surface area contributed by atoms with Gasteiger partial charge >= 0.3 is 0 Å². The molecule has 0 spiro atoms. The molecule has 1 rings (SSSR count). The van der Waals surface area contributed by atoms with Crippen molar-refractivity contribution in [3.8, 4) is 0 Å². The maximum atomic E-state index is 5.32. The highest BCUT2D eigenvalue weighted by Gasteiger charge is 2.34. The zero-order valence-electron chi connectivity index (χ0n) is 13.8. The third-order valence-electron chi connectivity index (χ3n) is 3.66. The van der Waals surface area contributed by atoms with Crippen LogP contribution >= 0.6 is 0 Å². The van der Waals surface area contributed by atoms with E-state index in [0.29, 0.717) is 5.54 Å². The van der Waals surface area contributed by atoms with Crippen molar-refractivity contribution in [2.45, 2.75) is 72.8 Å². The number of likely N-dealkylation sites (tertiary alicyclic amines) is 1.